The Morgan fingerprint density at radius 1 is 1.36 bits per heavy atom. The molecule has 0 unspecified atom stereocenters. The van der Waals surface area contributed by atoms with E-state index in [9.17, 15) is 14.4 Å². The lowest BCUT2D eigenvalue weighted by atomic mass is 10.0. The highest BCUT2D eigenvalue weighted by Crippen LogP contribution is 2.10. The number of carbonyl (C=O) groups is 2. The number of amides is 1. The summed E-state index contributed by atoms with van der Waals surface area (Å²) in [6.45, 7) is 5.44. The van der Waals surface area contributed by atoms with E-state index in [0.29, 0.717) is 6.42 Å². The molecule has 122 valence electrons. The lowest BCUT2D eigenvalue weighted by molar-refractivity contribution is -0.145. The van der Waals surface area contributed by atoms with E-state index in [1.807, 2.05) is 13.8 Å². The molecule has 1 aromatic rings. The fourth-order valence-electron chi connectivity index (χ4n) is 1.64. The first-order valence-electron chi connectivity index (χ1n) is 6.77. The largest absolute Gasteiger partial charge is 0.467 e. The van der Waals surface area contributed by atoms with Crippen LogP contribution in [0.3, 0.4) is 0 Å². The lowest BCUT2D eigenvalue weighted by Crippen LogP contribution is -2.43. The van der Waals surface area contributed by atoms with Crippen molar-refractivity contribution < 1.29 is 14.3 Å². The number of nitrogens with one attached hydrogen (secondary N) is 2. The van der Waals surface area contributed by atoms with Crippen LogP contribution < -0.4 is 10.9 Å². The summed E-state index contributed by atoms with van der Waals surface area (Å²) >= 11 is 1.04. The van der Waals surface area contributed by atoms with Crippen molar-refractivity contribution in [3.8, 4) is 0 Å². The second-order valence-corrected chi connectivity index (χ2v) is 6.07. The van der Waals surface area contributed by atoms with E-state index in [0.717, 1.165) is 11.8 Å². The molecular weight excluding hydrogens is 308 g/mol. The lowest BCUT2D eigenvalue weighted by Gasteiger charge is -2.18. The zero-order valence-corrected chi connectivity index (χ0v) is 13.8. The molecule has 0 saturated heterocycles. The first-order chi connectivity index (χ1) is 10.3. The quantitative estimate of drug-likeness (QED) is 0.545. The molecule has 0 bridgehead atoms. The SMILES string of the molecule is COC(=O)[C@@H](CC(C)C)NC(=O)CSc1nnc(C)c(=O)[nH]1. The Morgan fingerprint density at radius 3 is 2.59 bits per heavy atom. The third kappa shape index (κ3) is 5.84. The van der Waals surface area contributed by atoms with E-state index in [2.05, 4.69) is 25.2 Å². The van der Waals surface area contributed by atoms with Crippen LogP contribution >= 0.6 is 11.8 Å². The van der Waals surface area contributed by atoms with Gasteiger partial charge >= 0.3 is 5.97 Å². The maximum atomic E-state index is 11.9. The summed E-state index contributed by atoms with van der Waals surface area (Å²) in [5.74, 6) is -0.574. The Hall–Kier alpha value is -1.90. The standard InChI is InChI=1S/C13H20N4O4S/c1-7(2)5-9(12(20)21-4)14-10(18)6-22-13-15-11(19)8(3)16-17-13/h7,9H,5-6H2,1-4H3,(H,14,18)(H,15,17,19)/t9-/m1/s1. The number of thioether (sulfide) groups is 1. The van der Waals surface area contributed by atoms with Gasteiger partial charge in [0.1, 0.15) is 11.7 Å². The minimum Gasteiger partial charge on any atom is -0.467 e. The van der Waals surface area contributed by atoms with Gasteiger partial charge in [0, 0.05) is 0 Å². The fourth-order valence-corrected chi connectivity index (χ4v) is 2.26. The predicted molar refractivity (Wildman–Crippen MR) is 81.5 cm³/mol. The number of nitrogens with zero attached hydrogens (tertiary/aromatic N) is 2. The van der Waals surface area contributed by atoms with Crippen molar-refractivity contribution in [2.45, 2.75) is 38.4 Å². The van der Waals surface area contributed by atoms with Gasteiger partial charge in [-0.15, -0.1) is 10.2 Å². The third-order valence-electron chi connectivity index (χ3n) is 2.71. The van der Waals surface area contributed by atoms with Gasteiger partial charge < -0.3 is 10.1 Å². The number of aryl methyl sites for hydroxylation is 1. The Balaban J connectivity index is 2.57. The van der Waals surface area contributed by atoms with Crippen molar-refractivity contribution >= 4 is 23.6 Å². The molecule has 0 aromatic carbocycles. The van der Waals surface area contributed by atoms with E-state index < -0.39 is 12.0 Å². The number of carbonyl (C=O) groups excluding carboxylic acids is 2. The van der Waals surface area contributed by atoms with Gasteiger partial charge in [-0.05, 0) is 19.3 Å². The zero-order chi connectivity index (χ0) is 16.7. The van der Waals surface area contributed by atoms with Gasteiger partial charge in [-0.25, -0.2) is 4.79 Å². The minimum absolute atomic E-state index is 0.0132. The summed E-state index contributed by atoms with van der Waals surface area (Å²) in [5.41, 5.74) is -0.0818. The van der Waals surface area contributed by atoms with Gasteiger partial charge in [0.2, 0.25) is 5.91 Å². The molecule has 8 nitrogen and oxygen atoms in total. The van der Waals surface area contributed by atoms with Gasteiger partial charge in [0.05, 0.1) is 12.9 Å². The van der Waals surface area contributed by atoms with Gasteiger partial charge in [0.15, 0.2) is 5.16 Å². The predicted octanol–water partition coefficient (Wildman–Crippen LogP) is 0.269. The Morgan fingerprint density at radius 2 is 2.05 bits per heavy atom. The van der Waals surface area contributed by atoms with Gasteiger partial charge in [-0.1, -0.05) is 25.6 Å². The van der Waals surface area contributed by atoms with Crippen LogP contribution in [0.2, 0.25) is 0 Å². The molecule has 0 spiro atoms. The highest BCUT2D eigenvalue weighted by atomic mass is 32.2. The summed E-state index contributed by atoms with van der Waals surface area (Å²) < 4.78 is 4.68. The molecule has 9 heteroatoms. The van der Waals surface area contributed by atoms with E-state index in [1.165, 1.54) is 7.11 Å². The number of esters is 1. The van der Waals surface area contributed by atoms with Crippen molar-refractivity contribution in [3.05, 3.63) is 16.0 Å². The van der Waals surface area contributed by atoms with Crippen molar-refractivity contribution in [1.29, 1.82) is 0 Å². The van der Waals surface area contributed by atoms with Crippen LogP contribution in [0.1, 0.15) is 26.0 Å². The molecule has 0 saturated carbocycles. The number of hydrogen-bond donors (Lipinski definition) is 2. The van der Waals surface area contributed by atoms with E-state index in [-0.39, 0.29) is 34.0 Å². The molecule has 0 aliphatic carbocycles. The van der Waals surface area contributed by atoms with E-state index >= 15 is 0 Å². The molecular formula is C13H20N4O4S. The summed E-state index contributed by atoms with van der Waals surface area (Å²) in [6, 6.07) is -0.679. The normalized spacial score (nSPS) is 12.0. The van der Waals surface area contributed by atoms with Gasteiger partial charge in [-0.3, -0.25) is 14.6 Å². The molecule has 22 heavy (non-hydrogen) atoms. The molecule has 0 aliphatic rings. The average Bonchev–Trinajstić information content (AvgIpc) is 2.46. The fraction of sp³-hybridized carbons (Fsp3) is 0.615. The first-order valence-corrected chi connectivity index (χ1v) is 7.75. The van der Waals surface area contributed by atoms with Crippen molar-refractivity contribution in [3.63, 3.8) is 0 Å². The monoisotopic (exact) mass is 328 g/mol. The maximum Gasteiger partial charge on any atom is 0.328 e. The molecule has 1 rings (SSSR count). The van der Waals surface area contributed by atoms with Crippen LogP contribution in [0.4, 0.5) is 0 Å². The topological polar surface area (TPSA) is 114 Å². The Bertz CT molecular complexity index is 588. The molecule has 1 aromatic heterocycles. The second-order valence-electron chi connectivity index (χ2n) is 5.11. The second kappa shape index (κ2) is 8.52. The van der Waals surface area contributed by atoms with Crippen LogP contribution in [0.5, 0.6) is 0 Å². The number of aromatic nitrogens is 3. The molecule has 2 N–H and O–H groups in total. The Labute approximate surface area is 132 Å². The molecule has 1 heterocycles. The van der Waals surface area contributed by atoms with Crippen molar-refractivity contribution in [2.75, 3.05) is 12.9 Å². The summed E-state index contributed by atoms with van der Waals surface area (Å²) in [5, 5.41) is 10.3. The van der Waals surface area contributed by atoms with Crippen LogP contribution in [-0.2, 0) is 14.3 Å². The van der Waals surface area contributed by atoms with Gasteiger partial charge in [-0.2, -0.15) is 0 Å². The van der Waals surface area contributed by atoms with E-state index in [4.69, 9.17) is 0 Å². The minimum atomic E-state index is -0.679. The highest BCUT2D eigenvalue weighted by molar-refractivity contribution is 7.99. The molecule has 0 radical (unpaired) electrons. The summed E-state index contributed by atoms with van der Waals surface area (Å²) in [6.07, 6.45) is 0.490. The summed E-state index contributed by atoms with van der Waals surface area (Å²) in [7, 11) is 1.28. The van der Waals surface area contributed by atoms with Crippen LogP contribution in [0, 0.1) is 12.8 Å². The smallest absolute Gasteiger partial charge is 0.328 e. The number of methoxy groups -OCH3 is 1. The summed E-state index contributed by atoms with van der Waals surface area (Å²) in [4.78, 5) is 37.4. The molecule has 0 aliphatic heterocycles. The van der Waals surface area contributed by atoms with Gasteiger partial charge in [0.25, 0.3) is 5.56 Å². The van der Waals surface area contributed by atoms with Crippen LogP contribution in [0.25, 0.3) is 0 Å². The van der Waals surface area contributed by atoms with Crippen LogP contribution in [0.15, 0.2) is 9.95 Å². The molecule has 1 amide bonds. The van der Waals surface area contributed by atoms with Crippen molar-refractivity contribution in [1.82, 2.24) is 20.5 Å². The highest BCUT2D eigenvalue weighted by Gasteiger charge is 2.22. The molecule has 0 fully saturated rings. The average molecular weight is 328 g/mol. The number of H-pyrrole nitrogens is 1. The maximum absolute atomic E-state index is 11.9. The third-order valence-corrected chi connectivity index (χ3v) is 3.57. The number of aromatic amines is 1. The number of hydrogen-bond acceptors (Lipinski definition) is 7. The number of ether oxygens (including phenoxy) is 1. The van der Waals surface area contributed by atoms with E-state index in [1.54, 1.807) is 6.92 Å². The molecule has 1 atom stereocenters. The number of rotatable bonds is 7. The Kier molecular flexibility index (Phi) is 7.03. The van der Waals surface area contributed by atoms with Crippen molar-refractivity contribution in [2.24, 2.45) is 5.92 Å². The van der Waals surface area contributed by atoms with Crippen LogP contribution in [-0.4, -0.2) is 46.0 Å². The zero-order valence-electron chi connectivity index (χ0n) is 13.0. The first kappa shape index (κ1) is 18.1.